The van der Waals surface area contributed by atoms with Crippen molar-refractivity contribution in [3.05, 3.63) is 41.9 Å². The number of likely N-dealkylation sites (tertiary alicyclic amines) is 1. The van der Waals surface area contributed by atoms with Gasteiger partial charge in [-0.15, -0.1) is 0 Å². The standard InChI is InChI=1S/C16H21N5O2/c1-12-9-15(18-16(23)20-8-4-6-14(22)11-20)21(19-12)10-13-5-2-3-7-17-13/h2-3,5,7,9,14,22H,4,6,8,10-11H2,1H3,(H,18,23). The van der Waals surface area contributed by atoms with Gasteiger partial charge in [0, 0.05) is 25.4 Å². The number of piperidine rings is 1. The van der Waals surface area contributed by atoms with Crippen molar-refractivity contribution < 1.29 is 9.90 Å². The maximum Gasteiger partial charge on any atom is 0.323 e. The number of urea groups is 1. The number of pyridine rings is 1. The van der Waals surface area contributed by atoms with E-state index in [-0.39, 0.29) is 6.03 Å². The minimum absolute atomic E-state index is 0.203. The van der Waals surface area contributed by atoms with Crippen LogP contribution in [0.25, 0.3) is 0 Å². The van der Waals surface area contributed by atoms with Crippen molar-refractivity contribution in [1.82, 2.24) is 19.7 Å². The zero-order chi connectivity index (χ0) is 16.2. The van der Waals surface area contributed by atoms with Crippen molar-refractivity contribution >= 4 is 11.8 Å². The maximum atomic E-state index is 12.4. The van der Waals surface area contributed by atoms with Crippen LogP contribution < -0.4 is 5.32 Å². The van der Waals surface area contributed by atoms with Gasteiger partial charge in [-0.3, -0.25) is 10.3 Å². The molecule has 7 heteroatoms. The van der Waals surface area contributed by atoms with E-state index < -0.39 is 6.10 Å². The van der Waals surface area contributed by atoms with E-state index in [0.29, 0.717) is 25.5 Å². The fourth-order valence-electron chi connectivity index (χ4n) is 2.74. The highest BCUT2D eigenvalue weighted by Crippen LogP contribution is 2.15. The number of aryl methyl sites for hydroxylation is 1. The van der Waals surface area contributed by atoms with Gasteiger partial charge in [0.25, 0.3) is 0 Å². The number of nitrogens with one attached hydrogen (secondary N) is 1. The highest BCUT2D eigenvalue weighted by Gasteiger charge is 2.23. The summed E-state index contributed by atoms with van der Waals surface area (Å²) in [4.78, 5) is 18.3. The number of rotatable bonds is 3. The number of β-amino-alcohol motifs (C(OH)–C–C–N with tert-alkyl or cyclic N) is 1. The Balaban J connectivity index is 1.71. The Hall–Kier alpha value is -2.41. The van der Waals surface area contributed by atoms with Gasteiger partial charge in [0.1, 0.15) is 5.82 Å². The predicted octanol–water partition coefficient (Wildman–Crippen LogP) is 1.62. The fourth-order valence-corrected chi connectivity index (χ4v) is 2.74. The molecule has 3 rings (SSSR count). The molecule has 2 aromatic heterocycles. The highest BCUT2D eigenvalue weighted by molar-refractivity contribution is 5.88. The zero-order valence-electron chi connectivity index (χ0n) is 13.1. The number of aromatic nitrogens is 3. The summed E-state index contributed by atoms with van der Waals surface area (Å²) < 4.78 is 1.73. The topological polar surface area (TPSA) is 83.3 Å². The van der Waals surface area contributed by atoms with Gasteiger partial charge < -0.3 is 10.0 Å². The SMILES string of the molecule is Cc1cc(NC(=O)N2CCCC(O)C2)n(Cc2ccccn2)n1. The lowest BCUT2D eigenvalue weighted by molar-refractivity contribution is 0.0883. The van der Waals surface area contributed by atoms with Crippen molar-refractivity contribution in [2.24, 2.45) is 0 Å². The van der Waals surface area contributed by atoms with E-state index >= 15 is 0 Å². The molecule has 2 aromatic rings. The number of carbonyl (C=O) groups is 1. The third kappa shape index (κ3) is 3.87. The minimum atomic E-state index is -0.435. The number of anilines is 1. The van der Waals surface area contributed by atoms with Crippen molar-refractivity contribution in [2.75, 3.05) is 18.4 Å². The van der Waals surface area contributed by atoms with Crippen LogP contribution >= 0.6 is 0 Å². The van der Waals surface area contributed by atoms with Gasteiger partial charge in [-0.1, -0.05) is 6.07 Å². The van der Waals surface area contributed by atoms with Gasteiger partial charge in [0.15, 0.2) is 0 Å². The summed E-state index contributed by atoms with van der Waals surface area (Å²) in [6.07, 6.45) is 2.87. The van der Waals surface area contributed by atoms with Crippen LogP contribution in [0.5, 0.6) is 0 Å². The Kier molecular flexibility index (Phi) is 4.57. The van der Waals surface area contributed by atoms with E-state index in [0.717, 1.165) is 24.2 Å². The first kappa shape index (κ1) is 15.5. The molecule has 1 atom stereocenters. The summed E-state index contributed by atoms with van der Waals surface area (Å²) in [5.74, 6) is 0.637. The molecule has 1 fully saturated rings. The molecule has 0 aliphatic carbocycles. The molecule has 23 heavy (non-hydrogen) atoms. The molecule has 1 aliphatic heterocycles. The summed E-state index contributed by atoms with van der Waals surface area (Å²) in [6, 6.07) is 7.34. The molecule has 1 unspecified atom stereocenters. The smallest absolute Gasteiger partial charge is 0.323 e. The molecule has 1 aliphatic rings. The Labute approximate surface area is 134 Å². The third-order valence-electron chi connectivity index (χ3n) is 3.86. The first-order valence-electron chi connectivity index (χ1n) is 7.80. The van der Waals surface area contributed by atoms with E-state index in [9.17, 15) is 9.90 Å². The van der Waals surface area contributed by atoms with Crippen LogP contribution in [-0.2, 0) is 6.54 Å². The lowest BCUT2D eigenvalue weighted by Gasteiger charge is -2.30. The zero-order valence-corrected chi connectivity index (χ0v) is 13.1. The van der Waals surface area contributed by atoms with Crippen LogP contribution in [0.1, 0.15) is 24.2 Å². The second-order valence-electron chi connectivity index (χ2n) is 5.82. The number of aliphatic hydroxyl groups excluding tert-OH is 1. The molecule has 1 saturated heterocycles. The minimum Gasteiger partial charge on any atom is -0.391 e. The van der Waals surface area contributed by atoms with Crippen LogP contribution in [0.15, 0.2) is 30.5 Å². The van der Waals surface area contributed by atoms with Crippen LogP contribution in [-0.4, -0.2) is 50.0 Å². The summed E-state index contributed by atoms with van der Waals surface area (Å²) in [5, 5.41) is 17.0. The van der Waals surface area contributed by atoms with Crippen LogP contribution in [0.2, 0.25) is 0 Å². The van der Waals surface area contributed by atoms with Gasteiger partial charge >= 0.3 is 6.03 Å². The summed E-state index contributed by atoms with van der Waals surface area (Å²) in [7, 11) is 0. The van der Waals surface area contributed by atoms with E-state index in [1.165, 1.54) is 0 Å². The molecule has 122 valence electrons. The van der Waals surface area contributed by atoms with Crippen LogP contribution in [0, 0.1) is 6.92 Å². The molecule has 0 saturated carbocycles. The third-order valence-corrected chi connectivity index (χ3v) is 3.86. The molecular formula is C16H21N5O2. The van der Waals surface area contributed by atoms with E-state index in [2.05, 4.69) is 15.4 Å². The van der Waals surface area contributed by atoms with Gasteiger partial charge in [-0.2, -0.15) is 5.10 Å². The molecule has 0 spiro atoms. The number of aliphatic hydroxyl groups is 1. The number of nitrogens with zero attached hydrogens (tertiary/aromatic N) is 4. The first-order chi connectivity index (χ1) is 11.1. The first-order valence-corrected chi connectivity index (χ1v) is 7.80. The number of hydrogen-bond acceptors (Lipinski definition) is 4. The Morgan fingerprint density at radius 1 is 1.48 bits per heavy atom. The van der Waals surface area contributed by atoms with Crippen molar-refractivity contribution in [2.45, 2.75) is 32.4 Å². The van der Waals surface area contributed by atoms with E-state index in [1.807, 2.05) is 31.2 Å². The highest BCUT2D eigenvalue weighted by atomic mass is 16.3. The quantitative estimate of drug-likeness (QED) is 0.901. The maximum absolute atomic E-state index is 12.4. The molecule has 0 aromatic carbocycles. The summed E-state index contributed by atoms with van der Waals surface area (Å²) in [5.41, 5.74) is 1.70. The van der Waals surface area contributed by atoms with Crippen molar-refractivity contribution in [3.8, 4) is 0 Å². The van der Waals surface area contributed by atoms with Gasteiger partial charge in [0.05, 0.1) is 24.0 Å². The normalized spacial score (nSPS) is 18.0. The average Bonchev–Trinajstić information content (AvgIpc) is 2.87. The van der Waals surface area contributed by atoms with Crippen LogP contribution in [0.4, 0.5) is 10.6 Å². The molecule has 0 bridgehead atoms. The van der Waals surface area contributed by atoms with Crippen molar-refractivity contribution in [1.29, 1.82) is 0 Å². The second-order valence-corrected chi connectivity index (χ2v) is 5.82. The molecule has 2 N–H and O–H groups in total. The summed E-state index contributed by atoms with van der Waals surface area (Å²) >= 11 is 0. The van der Waals surface area contributed by atoms with E-state index in [4.69, 9.17) is 0 Å². The predicted molar refractivity (Wildman–Crippen MR) is 86.1 cm³/mol. The Morgan fingerprint density at radius 3 is 3.09 bits per heavy atom. The Bertz CT molecular complexity index is 670. The van der Waals surface area contributed by atoms with Gasteiger partial charge in [0.2, 0.25) is 0 Å². The lowest BCUT2D eigenvalue weighted by atomic mass is 10.1. The summed E-state index contributed by atoms with van der Waals surface area (Å²) in [6.45, 7) is 3.41. The van der Waals surface area contributed by atoms with E-state index in [1.54, 1.807) is 15.8 Å². The molecular weight excluding hydrogens is 294 g/mol. The van der Waals surface area contributed by atoms with Gasteiger partial charge in [-0.05, 0) is 31.9 Å². The fraction of sp³-hybridized carbons (Fsp3) is 0.438. The van der Waals surface area contributed by atoms with Gasteiger partial charge in [-0.25, -0.2) is 9.48 Å². The largest absolute Gasteiger partial charge is 0.391 e. The number of hydrogen-bond donors (Lipinski definition) is 2. The lowest BCUT2D eigenvalue weighted by Crippen LogP contribution is -2.44. The monoisotopic (exact) mass is 315 g/mol. The molecule has 0 radical (unpaired) electrons. The number of amides is 2. The molecule has 2 amide bonds. The van der Waals surface area contributed by atoms with Crippen molar-refractivity contribution in [3.63, 3.8) is 0 Å². The number of carbonyl (C=O) groups excluding carboxylic acids is 1. The second kappa shape index (κ2) is 6.78. The molecule has 7 nitrogen and oxygen atoms in total. The van der Waals surface area contributed by atoms with Crippen LogP contribution in [0.3, 0.4) is 0 Å². The molecule has 3 heterocycles. The average molecular weight is 315 g/mol. The Morgan fingerprint density at radius 2 is 2.35 bits per heavy atom.